The lowest BCUT2D eigenvalue weighted by Gasteiger charge is -2.08. The van der Waals surface area contributed by atoms with Crippen LogP contribution < -0.4 is 14.8 Å². The molecule has 0 saturated carbocycles. The van der Waals surface area contributed by atoms with Crippen LogP contribution in [0.5, 0.6) is 11.5 Å². The highest BCUT2D eigenvalue weighted by atomic mass is 16.5. The van der Waals surface area contributed by atoms with E-state index >= 15 is 0 Å². The Morgan fingerprint density at radius 1 is 0.783 bits per heavy atom. The predicted octanol–water partition coefficient (Wildman–Crippen LogP) is 4.11. The average Bonchev–Trinajstić information content (AvgIpc) is 2.61. The van der Waals surface area contributed by atoms with E-state index in [1.54, 1.807) is 20.3 Å². The quantitative estimate of drug-likeness (QED) is 0.789. The number of anilines is 1. The number of carbonyl (C=O) groups is 1. The number of nitrogens with one attached hydrogen (secondary N) is 1. The Labute approximate surface area is 134 Å². The first-order valence-corrected chi connectivity index (χ1v) is 7.23. The van der Waals surface area contributed by atoms with Crippen LogP contribution in [0.3, 0.4) is 0 Å². The molecule has 116 valence electrons. The largest absolute Gasteiger partial charge is 0.497 e. The summed E-state index contributed by atoms with van der Waals surface area (Å²) >= 11 is 0. The minimum Gasteiger partial charge on any atom is -0.497 e. The zero-order valence-corrected chi connectivity index (χ0v) is 13.0. The highest BCUT2D eigenvalue weighted by Crippen LogP contribution is 2.22. The van der Waals surface area contributed by atoms with Gasteiger partial charge in [-0.25, -0.2) is 0 Å². The van der Waals surface area contributed by atoms with Crippen LogP contribution in [0.4, 0.5) is 5.69 Å². The van der Waals surface area contributed by atoms with Crippen molar-refractivity contribution in [3.05, 3.63) is 66.2 Å². The van der Waals surface area contributed by atoms with Crippen LogP contribution in [0.1, 0.15) is 10.4 Å². The molecule has 0 atom stereocenters. The van der Waals surface area contributed by atoms with Gasteiger partial charge in [-0.1, -0.05) is 12.1 Å². The maximum Gasteiger partial charge on any atom is 0.255 e. The van der Waals surface area contributed by atoms with Gasteiger partial charge in [0.15, 0.2) is 0 Å². The van der Waals surface area contributed by atoms with Gasteiger partial charge in [0.2, 0.25) is 0 Å². The SMILES string of the molecule is COc1ccc(NC(=O)c2ccc3cc(OC)ccc3c2)cc1. The molecule has 0 fully saturated rings. The van der Waals surface area contributed by atoms with E-state index in [9.17, 15) is 4.79 Å². The van der Waals surface area contributed by atoms with Gasteiger partial charge in [-0.2, -0.15) is 0 Å². The molecule has 0 radical (unpaired) electrons. The fraction of sp³-hybridized carbons (Fsp3) is 0.105. The van der Waals surface area contributed by atoms with Gasteiger partial charge in [0.05, 0.1) is 14.2 Å². The van der Waals surface area contributed by atoms with Crippen LogP contribution in [0, 0.1) is 0 Å². The number of hydrogen-bond donors (Lipinski definition) is 1. The van der Waals surface area contributed by atoms with E-state index in [0.29, 0.717) is 5.56 Å². The summed E-state index contributed by atoms with van der Waals surface area (Å²) in [4.78, 5) is 12.4. The molecule has 0 aromatic heterocycles. The zero-order valence-electron chi connectivity index (χ0n) is 13.0. The smallest absolute Gasteiger partial charge is 0.255 e. The summed E-state index contributed by atoms with van der Waals surface area (Å²) in [6.07, 6.45) is 0. The first-order chi connectivity index (χ1) is 11.2. The van der Waals surface area contributed by atoms with Crippen molar-refractivity contribution < 1.29 is 14.3 Å². The van der Waals surface area contributed by atoms with Crippen LogP contribution in [0.15, 0.2) is 60.7 Å². The average molecular weight is 307 g/mol. The second-order valence-electron chi connectivity index (χ2n) is 5.11. The van der Waals surface area contributed by atoms with E-state index in [1.165, 1.54) is 0 Å². The molecule has 3 aromatic rings. The summed E-state index contributed by atoms with van der Waals surface area (Å²) in [6, 6.07) is 18.6. The van der Waals surface area contributed by atoms with Gasteiger partial charge in [0, 0.05) is 11.3 Å². The maximum absolute atomic E-state index is 12.4. The van der Waals surface area contributed by atoms with Crippen LogP contribution >= 0.6 is 0 Å². The Bertz CT molecular complexity index is 841. The molecule has 0 heterocycles. The van der Waals surface area contributed by atoms with Crippen molar-refractivity contribution in [2.45, 2.75) is 0 Å². The first kappa shape index (κ1) is 14.9. The molecular weight excluding hydrogens is 290 g/mol. The number of benzene rings is 3. The zero-order chi connectivity index (χ0) is 16.2. The molecule has 0 saturated heterocycles. The molecule has 0 unspecified atom stereocenters. The molecular formula is C19H17NO3. The summed E-state index contributed by atoms with van der Waals surface area (Å²) in [7, 11) is 3.25. The van der Waals surface area contributed by atoms with E-state index < -0.39 is 0 Å². The highest BCUT2D eigenvalue weighted by molar-refractivity contribution is 6.06. The molecule has 1 amide bonds. The Kier molecular flexibility index (Phi) is 4.15. The molecule has 1 N–H and O–H groups in total. The first-order valence-electron chi connectivity index (χ1n) is 7.23. The highest BCUT2D eigenvalue weighted by Gasteiger charge is 2.07. The van der Waals surface area contributed by atoms with E-state index in [4.69, 9.17) is 9.47 Å². The van der Waals surface area contributed by atoms with Gasteiger partial charge in [0.1, 0.15) is 11.5 Å². The molecule has 4 nitrogen and oxygen atoms in total. The van der Waals surface area contributed by atoms with Crippen molar-refractivity contribution in [2.24, 2.45) is 0 Å². The van der Waals surface area contributed by atoms with Gasteiger partial charge in [-0.3, -0.25) is 4.79 Å². The number of carbonyl (C=O) groups excluding carboxylic acids is 1. The molecule has 0 aliphatic rings. The second kappa shape index (κ2) is 6.40. The molecule has 4 heteroatoms. The van der Waals surface area contributed by atoms with Crippen molar-refractivity contribution in [1.82, 2.24) is 0 Å². The van der Waals surface area contributed by atoms with Crippen molar-refractivity contribution in [3.63, 3.8) is 0 Å². The molecule has 0 bridgehead atoms. The lowest BCUT2D eigenvalue weighted by Crippen LogP contribution is -2.11. The summed E-state index contributed by atoms with van der Waals surface area (Å²) in [5.74, 6) is 1.41. The number of amides is 1. The van der Waals surface area contributed by atoms with E-state index in [0.717, 1.165) is 28.0 Å². The molecule has 23 heavy (non-hydrogen) atoms. The third-order valence-electron chi connectivity index (χ3n) is 3.66. The lowest BCUT2D eigenvalue weighted by atomic mass is 10.1. The normalized spacial score (nSPS) is 10.3. The summed E-state index contributed by atoms with van der Waals surface area (Å²) < 4.78 is 10.3. The van der Waals surface area contributed by atoms with Crippen LogP contribution in [-0.2, 0) is 0 Å². The Hall–Kier alpha value is -3.01. The molecule has 3 rings (SSSR count). The monoisotopic (exact) mass is 307 g/mol. The van der Waals surface area contributed by atoms with Crippen LogP contribution in [0.2, 0.25) is 0 Å². The molecule has 3 aromatic carbocycles. The van der Waals surface area contributed by atoms with E-state index in [1.807, 2.05) is 54.6 Å². The van der Waals surface area contributed by atoms with Crippen LogP contribution in [-0.4, -0.2) is 20.1 Å². The maximum atomic E-state index is 12.4. The fourth-order valence-corrected chi connectivity index (χ4v) is 2.37. The van der Waals surface area contributed by atoms with Gasteiger partial charge in [0.25, 0.3) is 5.91 Å². The molecule has 0 spiro atoms. The van der Waals surface area contributed by atoms with E-state index in [2.05, 4.69) is 5.32 Å². The number of fused-ring (bicyclic) bond motifs is 1. The summed E-state index contributed by atoms with van der Waals surface area (Å²) in [6.45, 7) is 0. The van der Waals surface area contributed by atoms with Crippen molar-refractivity contribution in [3.8, 4) is 11.5 Å². The standard InChI is InChI=1S/C19H17NO3/c1-22-17-9-6-16(7-10-17)20-19(21)15-4-3-14-12-18(23-2)8-5-13(14)11-15/h3-12H,1-2H3,(H,20,21). The summed E-state index contributed by atoms with van der Waals surface area (Å²) in [5.41, 5.74) is 1.34. The molecule has 0 aliphatic carbocycles. The number of rotatable bonds is 4. The molecule has 0 aliphatic heterocycles. The Balaban J connectivity index is 1.82. The predicted molar refractivity (Wildman–Crippen MR) is 91.4 cm³/mol. The van der Waals surface area contributed by atoms with Gasteiger partial charge >= 0.3 is 0 Å². The van der Waals surface area contributed by atoms with E-state index in [-0.39, 0.29) is 5.91 Å². The van der Waals surface area contributed by atoms with Crippen molar-refractivity contribution in [1.29, 1.82) is 0 Å². The Morgan fingerprint density at radius 3 is 2.09 bits per heavy atom. The number of methoxy groups -OCH3 is 2. The van der Waals surface area contributed by atoms with Crippen molar-refractivity contribution >= 4 is 22.4 Å². The van der Waals surface area contributed by atoms with Gasteiger partial charge in [-0.05, 0) is 59.3 Å². The topological polar surface area (TPSA) is 47.6 Å². The second-order valence-corrected chi connectivity index (χ2v) is 5.11. The third-order valence-corrected chi connectivity index (χ3v) is 3.66. The fourth-order valence-electron chi connectivity index (χ4n) is 2.37. The van der Waals surface area contributed by atoms with Gasteiger partial charge in [-0.15, -0.1) is 0 Å². The summed E-state index contributed by atoms with van der Waals surface area (Å²) in [5, 5.41) is 4.90. The lowest BCUT2D eigenvalue weighted by molar-refractivity contribution is 0.102. The van der Waals surface area contributed by atoms with Gasteiger partial charge < -0.3 is 14.8 Å². The minimum absolute atomic E-state index is 0.145. The minimum atomic E-state index is -0.145. The number of hydrogen-bond acceptors (Lipinski definition) is 3. The van der Waals surface area contributed by atoms with Crippen LogP contribution in [0.25, 0.3) is 10.8 Å². The number of ether oxygens (including phenoxy) is 2. The third kappa shape index (κ3) is 3.26. The van der Waals surface area contributed by atoms with Crippen molar-refractivity contribution in [2.75, 3.05) is 19.5 Å². The Morgan fingerprint density at radius 2 is 1.39 bits per heavy atom.